The Morgan fingerprint density at radius 2 is 1.37 bits per heavy atom. The first kappa shape index (κ1) is 30.8. The van der Waals surface area contributed by atoms with Gasteiger partial charge in [-0.2, -0.15) is 0 Å². The van der Waals surface area contributed by atoms with Gasteiger partial charge in [0.2, 0.25) is 0 Å². The van der Waals surface area contributed by atoms with Crippen LogP contribution in [-0.4, -0.2) is 69.4 Å². The largest absolute Gasteiger partial charge is 0.505 e. The Bertz CT molecular complexity index is 1690. The van der Waals surface area contributed by atoms with Crippen LogP contribution in [0.5, 0.6) is 40.2 Å². The number of para-hydroxylation sites is 2. The maximum atomic E-state index is 14.7. The van der Waals surface area contributed by atoms with Crippen LogP contribution in [0.25, 0.3) is 0 Å². The molecule has 0 spiro atoms. The van der Waals surface area contributed by atoms with E-state index in [9.17, 15) is 23.8 Å². The van der Waals surface area contributed by atoms with Crippen LogP contribution in [-0.2, 0) is 14.3 Å². The quantitative estimate of drug-likeness (QED) is 0.246. The van der Waals surface area contributed by atoms with E-state index < -0.39 is 35.0 Å². The molecule has 12 heteroatoms. The molecule has 2 aliphatic rings. The van der Waals surface area contributed by atoms with Gasteiger partial charge in [-0.1, -0.05) is 18.2 Å². The number of methoxy groups -OCH3 is 1. The van der Waals surface area contributed by atoms with E-state index in [-0.39, 0.29) is 37.9 Å². The second kappa shape index (κ2) is 13.4. The molecule has 46 heavy (non-hydrogen) atoms. The summed E-state index contributed by atoms with van der Waals surface area (Å²) in [4.78, 5) is 14.2. The lowest BCUT2D eigenvalue weighted by molar-refractivity contribution is -0.139. The average molecular weight is 636 g/mol. The smallest absolute Gasteiger partial charge is 0.325 e. The van der Waals surface area contributed by atoms with Gasteiger partial charge in [-0.3, -0.25) is 4.79 Å². The highest BCUT2D eigenvalue weighted by Crippen LogP contribution is 2.51. The molecular weight excluding hydrogens is 604 g/mol. The van der Waals surface area contributed by atoms with Gasteiger partial charge in [-0.25, -0.2) is 8.78 Å². The van der Waals surface area contributed by atoms with Gasteiger partial charge in [0.25, 0.3) is 0 Å². The number of aromatic hydroxyl groups is 2. The molecule has 0 atom stereocenters. The molecule has 10 nitrogen and oxygen atoms in total. The number of ether oxygens (including phenoxy) is 6. The Morgan fingerprint density at radius 1 is 0.783 bits per heavy atom. The predicted octanol–water partition coefficient (Wildman–Crippen LogP) is 5.51. The van der Waals surface area contributed by atoms with E-state index in [1.54, 1.807) is 35.2 Å². The molecule has 240 valence electrons. The molecule has 0 fully saturated rings. The van der Waals surface area contributed by atoms with E-state index in [0.717, 1.165) is 24.3 Å². The molecule has 4 aromatic carbocycles. The monoisotopic (exact) mass is 635 g/mol. The highest BCUT2D eigenvalue weighted by Gasteiger charge is 2.33. The minimum atomic E-state index is -0.883. The number of carbonyl (C=O) groups is 1. The zero-order chi connectivity index (χ0) is 32.2. The van der Waals surface area contributed by atoms with Gasteiger partial charge >= 0.3 is 5.97 Å². The van der Waals surface area contributed by atoms with Crippen LogP contribution in [0.3, 0.4) is 0 Å². The SMILES string of the molecule is COC(=O)CN1CCOCCOc2ccccc2OCCOc2cc(C3c4cc(F)c(O)cc4Oc4cc(O)c(F)cc43)ccc21. The molecule has 0 amide bonds. The summed E-state index contributed by atoms with van der Waals surface area (Å²) >= 11 is 0. The fraction of sp³-hybridized carbons (Fsp3) is 0.265. The lowest BCUT2D eigenvalue weighted by Gasteiger charge is -2.31. The van der Waals surface area contributed by atoms with Crippen LogP contribution in [0, 0.1) is 11.6 Å². The Hall–Kier alpha value is -5.23. The molecule has 0 saturated carbocycles. The Kier molecular flexibility index (Phi) is 8.97. The minimum Gasteiger partial charge on any atom is -0.505 e. The number of nitrogens with zero attached hydrogens (tertiary/aromatic N) is 1. The third-order valence-electron chi connectivity index (χ3n) is 7.64. The van der Waals surface area contributed by atoms with Crippen LogP contribution in [0.4, 0.5) is 14.5 Å². The zero-order valence-corrected chi connectivity index (χ0v) is 24.8. The summed E-state index contributed by atoms with van der Waals surface area (Å²) in [6.45, 7) is 1.28. The number of phenolic OH excluding ortho intramolecular Hbond substituents is 2. The van der Waals surface area contributed by atoms with E-state index in [0.29, 0.717) is 59.4 Å². The summed E-state index contributed by atoms with van der Waals surface area (Å²) in [5.41, 5.74) is 1.76. The number of esters is 1. The molecule has 0 radical (unpaired) electrons. The first-order chi connectivity index (χ1) is 22.3. The van der Waals surface area contributed by atoms with Crippen molar-refractivity contribution in [3.8, 4) is 40.2 Å². The number of hydrogen-bond acceptors (Lipinski definition) is 10. The van der Waals surface area contributed by atoms with Gasteiger partial charge in [-0.15, -0.1) is 0 Å². The number of anilines is 1. The Morgan fingerprint density at radius 3 is 1.98 bits per heavy atom. The number of carbonyl (C=O) groups excluding carboxylic acids is 1. The van der Waals surface area contributed by atoms with Gasteiger partial charge in [0.15, 0.2) is 34.6 Å². The summed E-state index contributed by atoms with van der Waals surface area (Å²) in [5.74, 6) is -2.55. The van der Waals surface area contributed by atoms with Crippen LogP contribution in [0.1, 0.15) is 22.6 Å². The van der Waals surface area contributed by atoms with Crippen molar-refractivity contribution in [2.45, 2.75) is 5.92 Å². The Balaban J connectivity index is 1.43. The molecule has 2 N–H and O–H groups in total. The second-order valence-electron chi connectivity index (χ2n) is 10.5. The summed E-state index contributed by atoms with van der Waals surface area (Å²) in [6, 6.07) is 17.0. The number of rotatable bonds is 3. The Labute approximate surface area is 263 Å². The summed E-state index contributed by atoms with van der Waals surface area (Å²) in [5, 5.41) is 20.1. The van der Waals surface area contributed by atoms with Crippen molar-refractivity contribution in [3.05, 3.63) is 95.1 Å². The van der Waals surface area contributed by atoms with Gasteiger partial charge in [0.05, 0.1) is 26.0 Å². The topological polar surface area (TPSA) is 116 Å². The van der Waals surface area contributed by atoms with Gasteiger partial charge in [-0.05, 0) is 42.0 Å². The van der Waals surface area contributed by atoms with E-state index in [2.05, 4.69) is 0 Å². The van der Waals surface area contributed by atoms with Crippen LogP contribution >= 0.6 is 0 Å². The maximum absolute atomic E-state index is 14.7. The highest BCUT2D eigenvalue weighted by molar-refractivity contribution is 5.77. The summed E-state index contributed by atoms with van der Waals surface area (Å²) in [7, 11) is 1.30. The van der Waals surface area contributed by atoms with Crippen molar-refractivity contribution >= 4 is 11.7 Å². The van der Waals surface area contributed by atoms with Gasteiger partial charge in [0.1, 0.15) is 43.6 Å². The third-order valence-corrected chi connectivity index (χ3v) is 7.64. The standard InChI is InChI=1S/C34H31F2NO9/c1-41-33(40)19-37-8-9-42-10-11-43-28-4-2-3-5-29(28)44-12-13-45-32-14-20(6-7-25(32)37)34-21-15-23(35)26(38)17-30(21)46-31-18-27(39)24(36)16-22(31)34/h2-7,14-18,34,38-39H,8-13,19H2,1H3. The normalized spacial score (nSPS) is 15.2. The van der Waals surface area contributed by atoms with Crippen molar-refractivity contribution in [2.24, 2.45) is 0 Å². The molecule has 2 heterocycles. The molecule has 0 saturated heterocycles. The fourth-order valence-corrected chi connectivity index (χ4v) is 5.46. The zero-order valence-electron chi connectivity index (χ0n) is 24.8. The van der Waals surface area contributed by atoms with Crippen LogP contribution < -0.4 is 23.8 Å². The van der Waals surface area contributed by atoms with Crippen molar-refractivity contribution in [1.82, 2.24) is 0 Å². The van der Waals surface area contributed by atoms with Crippen molar-refractivity contribution in [2.75, 3.05) is 58.1 Å². The third kappa shape index (κ3) is 6.43. The lowest BCUT2D eigenvalue weighted by atomic mass is 9.82. The number of benzene rings is 4. The van der Waals surface area contributed by atoms with Crippen LogP contribution in [0.15, 0.2) is 66.7 Å². The van der Waals surface area contributed by atoms with Gasteiger partial charge in [0, 0.05) is 35.7 Å². The molecule has 0 aliphatic carbocycles. The van der Waals surface area contributed by atoms with E-state index in [4.69, 9.17) is 28.4 Å². The molecule has 0 bridgehead atoms. The molecule has 0 unspecified atom stereocenters. The molecular formula is C34H31F2NO9. The first-order valence-electron chi connectivity index (χ1n) is 14.6. The molecule has 4 aromatic rings. The predicted molar refractivity (Wildman–Crippen MR) is 162 cm³/mol. The van der Waals surface area contributed by atoms with Crippen molar-refractivity contribution in [3.63, 3.8) is 0 Å². The lowest BCUT2D eigenvalue weighted by Crippen LogP contribution is -2.34. The van der Waals surface area contributed by atoms with E-state index in [1.807, 2.05) is 12.1 Å². The molecule has 6 rings (SSSR count). The number of phenols is 2. The summed E-state index contributed by atoms with van der Waals surface area (Å²) < 4.78 is 64.1. The van der Waals surface area contributed by atoms with Crippen LogP contribution in [0.2, 0.25) is 0 Å². The van der Waals surface area contributed by atoms with Crippen molar-refractivity contribution in [1.29, 1.82) is 0 Å². The summed E-state index contributed by atoms with van der Waals surface area (Å²) in [6.07, 6.45) is 0. The molecule has 0 aromatic heterocycles. The maximum Gasteiger partial charge on any atom is 0.325 e. The van der Waals surface area contributed by atoms with E-state index in [1.165, 1.54) is 7.11 Å². The van der Waals surface area contributed by atoms with Crippen molar-refractivity contribution < 1.29 is 52.2 Å². The second-order valence-corrected chi connectivity index (χ2v) is 10.5. The van der Waals surface area contributed by atoms with E-state index >= 15 is 0 Å². The molecule has 2 aliphatic heterocycles. The minimum absolute atomic E-state index is 0.0965. The number of hydrogen-bond donors (Lipinski definition) is 2. The highest BCUT2D eigenvalue weighted by atomic mass is 19.1. The first-order valence-corrected chi connectivity index (χ1v) is 14.6. The fourth-order valence-electron chi connectivity index (χ4n) is 5.46. The average Bonchev–Trinajstić information content (AvgIpc) is 3.05. The number of fused-ring (bicyclic) bond motifs is 4. The number of halogens is 2. The van der Waals surface area contributed by atoms with Gasteiger partial charge < -0.3 is 43.5 Å².